The van der Waals surface area contributed by atoms with E-state index >= 15 is 0 Å². The van der Waals surface area contributed by atoms with Crippen LogP contribution in [0, 0.1) is 13.8 Å². The highest BCUT2D eigenvalue weighted by Gasteiger charge is 2.27. The van der Waals surface area contributed by atoms with Gasteiger partial charge in [0.15, 0.2) is 5.78 Å². The highest BCUT2D eigenvalue weighted by molar-refractivity contribution is 6.14. The van der Waals surface area contributed by atoms with Crippen LogP contribution in [0.25, 0.3) is 0 Å². The lowest BCUT2D eigenvalue weighted by atomic mass is 9.83. The molecule has 0 spiro atoms. The number of ketones is 1. The van der Waals surface area contributed by atoms with E-state index in [-0.39, 0.29) is 35.4 Å². The number of hydrazone groups is 1. The van der Waals surface area contributed by atoms with Crippen molar-refractivity contribution in [2.24, 2.45) is 5.10 Å². The van der Waals surface area contributed by atoms with Crippen LogP contribution in [0.1, 0.15) is 35.7 Å². The van der Waals surface area contributed by atoms with E-state index in [0.717, 1.165) is 17.0 Å². The van der Waals surface area contributed by atoms with Gasteiger partial charge in [-0.1, -0.05) is 30.3 Å². The van der Waals surface area contributed by atoms with E-state index in [0.29, 0.717) is 18.8 Å². The van der Waals surface area contributed by atoms with Crippen molar-refractivity contribution < 1.29 is 9.90 Å². The number of anilines is 1. The third-order valence-electron chi connectivity index (χ3n) is 4.09. The summed E-state index contributed by atoms with van der Waals surface area (Å²) in [7, 11) is 0. The highest BCUT2D eigenvalue weighted by Crippen LogP contribution is 2.32. The second kappa shape index (κ2) is 8.58. The Labute approximate surface area is 158 Å². The summed E-state index contributed by atoms with van der Waals surface area (Å²) in [6, 6.07) is 11.6. The lowest BCUT2D eigenvalue weighted by Gasteiger charge is -2.22. The summed E-state index contributed by atoms with van der Waals surface area (Å²) in [6.45, 7) is 3.73. The molecule has 1 aromatic heterocycles. The number of carbonyl (C=O) groups excluding carboxylic acids is 1. The van der Waals surface area contributed by atoms with Gasteiger partial charge >= 0.3 is 0 Å². The summed E-state index contributed by atoms with van der Waals surface area (Å²) < 4.78 is 0. The monoisotopic (exact) mass is 372 g/mol. The van der Waals surface area contributed by atoms with Crippen LogP contribution in [0.4, 0.5) is 5.95 Å². The average molecular weight is 373 g/mol. The number of aromatic nitrogens is 2. The molecule has 1 aliphatic carbocycles. The van der Waals surface area contributed by atoms with Crippen LogP contribution in [-0.4, -0.2) is 27.1 Å². The number of allylic oxidation sites excluding steroid dienone is 2. The Morgan fingerprint density at radius 3 is 2.42 bits per heavy atom. The van der Waals surface area contributed by atoms with Crippen LogP contribution < -0.4 is 5.43 Å². The molecule has 0 fully saturated rings. The lowest BCUT2D eigenvalue weighted by Crippen LogP contribution is -2.19. The Morgan fingerprint density at radius 1 is 1.15 bits per heavy atom. The Bertz CT molecular complexity index is 830. The number of halogens is 1. The first kappa shape index (κ1) is 19.6. The fourth-order valence-corrected chi connectivity index (χ4v) is 2.95. The number of rotatable bonds is 4. The van der Waals surface area contributed by atoms with Gasteiger partial charge in [-0.2, -0.15) is 5.10 Å². The van der Waals surface area contributed by atoms with Crippen molar-refractivity contribution in [1.29, 1.82) is 0 Å². The van der Waals surface area contributed by atoms with Gasteiger partial charge in [0.05, 0.1) is 11.8 Å². The molecule has 1 aliphatic rings. The first-order valence-corrected chi connectivity index (χ1v) is 8.14. The maximum Gasteiger partial charge on any atom is 0.243 e. The molecule has 0 bridgehead atoms. The van der Waals surface area contributed by atoms with E-state index < -0.39 is 0 Å². The molecular weight excluding hydrogens is 352 g/mol. The minimum absolute atomic E-state index is 0. The van der Waals surface area contributed by atoms with Gasteiger partial charge in [0.25, 0.3) is 0 Å². The second-order valence-corrected chi connectivity index (χ2v) is 6.14. The molecule has 0 amide bonds. The number of hydrogen-bond donors (Lipinski definition) is 2. The van der Waals surface area contributed by atoms with Gasteiger partial charge in [0.2, 0.25) is 5.95 Å². The molecule has 3 rings (SSSR count). The van der Waals surface area contributed by atoms with Crippen LogP contribution in [-0.2, 0) is 4.79 Å². The predicted molar refractivity (Wildman–Crippen MR) is 104 cm³/mol. The number of nitrogens with zero attached hydrogens (tertiary/aromatic N) is 3. The number of carbonyl (C=O) groups is 1. The maximum absolute atomic E-state index is 12.4. The summed E-state index contributed by atoms with van der Waals surface area (Å²) >= 11 is 0. The van der Waals surface area contributed by atoms with Crippen LogP contribution >= 0.6 is 12.4 Å². The molecule has 2 N–H and O–H groups in total. The van der Waals surface area contributed by atoms with Gasteiger partial charge in [-0.05, 0) is 31.4 Å². The lowest BCUT2D eigenvalue weighted by molar-refractivity contribution is -0.116. The molecule has 26 heavy (non-hydrogen) atoms. The Kier molecular flexibility index (Phi) is 6.46. The molecule has 0 aliphatic heterocycles. The number of Topliss-reactive ketones (excluding diaryl/α,β-unsaturated/α-hetero) is 1. The summed E-state index contributed by atoms with van der Waals surface area (Å²) in [5.41, 5.74) is 5.65. The first-order valence-electron chi connectivity index (χ1n) is 8.14. The smallest absolute Gasteiger partial charge is 0.243 e. The van der Waals surface area contributed by atoms with Crippen molar-refractivity contribution >= 4 is 30.4 Å². The zero-order valence-corrected chi connectivity index (χ0v) is 15.5. The van der Waals surface area contributed by atoms with E-state index in [1.165, 1.54) is 6.21 Å². The van der Waals surface area contributed by atoms with Crippen LogP contribution in [0.15, 0.2) is 52.8 Å². The molecule has 1 heterocycles. The zero-order chi connectivity index (χ0) is 17.8. The fourth-order valence-electron chi connectivity index (χ4n) is 2.95. The van der Waals surface area contributed by atoms with Gasteiger partial charge < -0.3 is 5.11 Å². The van der Waals surface area contributed by atoms with Crippen molar-refractivity contribution in [3.05, 3.63) is 64.7 Å². The van der Waals surface area contributed by atoms with Gasteiger partial charge in [-0.15, -0.1) is 12.4 Å². The number of aryl methyl sites for hydroxylation is 2. The first-order chi connectivity index (χ1) is 12.0. The average Bonchev–Trinajstić information content (AvgIpc) is 2.57. The SMILES string of the molecule is Cc1cc(C)nc(N/N=C/C2=C(O)CC(c3ccccc3)CC2=O)n1.Cl. The van der Waals surface area contributed by atoms with Crippen molar-refractivity contribution in [2.75, 3.05) is 5.43 Å². The van der Waals surface area contributed by atoms with E-state index in [1.54, 1.807) is 0 Å². The number of nitrogens with one attached hydrogen (secondary N) is 1. The fraction of sp³-hybridized carbons (Fsp3) is 0.263. The van der Waals surface area contributed by atoms with E-state index in [4.69, 9.17) is 0 Å². The van der Waals surface area contributed by atoms with E-state index in [2.05, 4.69) is 20.5 Å². The molecule has 136 valence electrons. The highest BCUT2D eigenvalue weighted by atomic mass is 35.5. The summed E-state index contributed by atoms with van der Waals surface area (Å²) in [5, 5.41) is 14.3. The van der Waals surface area contributed by atoms with Crippen molar-refractivity contribution in [2.45, 2.75) is 32.6 Å². The molecule has 1 unspecified atom stereocenters. The predicted octanol–water partition coefficient (Wildman–Crippen LogP) is 3.87. The largest absolute Gasteiger partial charge is 0.511 e. The molecule has 6 nitrogen and oxygen atoms in total. The van der Waals surface area contributed by atoms with Crippen LogP contribution in [0.5, 0.6) is 0 Å². The molecule has 0 saturated carbocycles. The standard InChI is InChI=1S/C19H20N4O2.ClH/c1-12-8-13(2)22-19(21-12)23-20-11-16-17(24)9-15(10-18(16)25)14-6-4-3-5-7-14;/h3-8,11,15,24H,9-10H2,1-2H3,(H,21,22,23);1H/b20-11+;. The van der Waals surface area contributed by atoms with Gasteiger partial charge in [-0.25, -0.2) is 15.4 Å². The minimum atomic E-state index is -0.121. The molecule has 2 aromatic rings. The van der Waals surface area contributed by atoms with E-state index in [1.807, 2.05) is 50.2 Å². The molecule has 1 atom stereocenters. The van der Waals surface area contributed by atoms with Crippen molar-refractivity contribution in [1.82, 2.24) is 9.97 Å². The second-order valence-electron chi connectivity index (χ2n) is 6.14. The van der Waals surface area contributed by atoms with Crippen LogP contribution in [0.3, 0.4) is 0 Å². The molecule has 1 aromatic carbocycles. The molecule has 0 saturated heterocycles. The van der Waals surface area contributed by atoms with Crippen LogP contribution in [0.2, 0.25) is 0 Å². The zero-order valence-electron chi connectivity index (χ0n) is 14.6. The Morgan fingerprint density at radius 2 is 1.81 bits per heavy atom. The summed E-state index contributed by atoms with van der Waals surface area (Å²) in [6.07, 6.45) is 2.13. The number of aliphatic hydroxyl groups excluding tert-OH is 1. The minimum Gasteiger partial charge on any atom is -0.511 e. The number of hydrogen-bond acceptors (Lipinski definition) is 6. The summed E-state index contributed by atoms with van der Waals surface area (Å²) in [4.78, 5) is 20.8. The van der Waals surface area contributed by atoms with E-state index in [9.17, 15) is 9.90 Å². The number of aliphatic hydroxyl groups is 1. The third kappa shape index (κ3) is 4.67. The topological polar surface area (TPSA) is 87.5 Å². The van der Waals surface area contributed by atoms with Gasteiger partial charge in [-0.3, -0.25) is 4.79 Å². The third-order valence-corrected chi connectivity index (χ3v) is 4.09. The maximum atomic E-state index is 12.4. The quantitative estimate of drug-likeness (QED) is 0.628. The Hall–Kier alpha value is -2.73. The normalized spacial score (nSPS) is 17.3. The number of benzene rings is 1. The Balaban J connectivity index is 0.00000243. The van der Waals surface area contributed by atoms with Gasteiger partial charge in [0, 0.05) is 24.2 Å². The molecule has 0 radical (unpaired) electrons. The van der Waals surface area contributed by atoms with Crippen molar-refractivity contribution in [3.8, 4) is 0 Å². The molecule has 7 heteroatoms. The van der Waals surface area contributed by atoms with Crippen molar-refractivity contribution in [3.63, 3.8) is 0 Å². The molecular formula is C19H21ClN4O2. The van der Waals surface area contributed by atoms with Gasteiger partial charge in [0.1, 0.15) is 5.76 Å². The summed E-state index contributed by atoms with van der Waals surface area (Å²) in [5.74, 6) is 0.308.